The number of carbonyl (C=O) groups excluding carboxylic acids is 1. The zero-order chi connectivity index (χ0) is 11.7. The molecule has 1 aromatic heterocycles. The molecular weight excluding hydrogens is 220 g/mol. The molecule has 0 amide bonds. The third-order valence-corrected chi connectivity index (χ3v) is 3.60. The van der Waals surface area contributed by atoms with Gasteiger partial charge in [0.05, 0.1) is 13.2 Å². The quantitative estimate of drug-likeness (QED) is 0.694. The normalized spacial score (nSPS) is 29.8. The summed E-state index contributed by atoms with van der Waals surface area (Å²) in [6.07, 6.45) is 6.35. The van der Waals surface area contributed by atoms with E-state index in [2.05, 4.69) is 15.0 Å². The van der Waals surface area contributed by atoms with Crippen LogP contribution in [0.15, 0.2) is 12.7 Å². The van der Waals surface area contributed by atoms with Crippen molar-refractivity contribution in [1.29, 1.82) is 0 Å². The van der Waals surface area contributed by atoms with Crippen LogP contribution in [0.1, 0.15) is 19.3 Å². The van der Waals surface area contributed by atoms with Crippen LogP contribution >= 0.6 is 0 Å². The van der Waals surface area contributed by atoms with Crippen LogP contribution in [0.4, 0.5) is 0 Å². The molecule has 2 unspecified atom stereocenters. The zero-order valence-electron chi connectivity index (χ0n) is 9.66. The molecule has 2 aliphatic heterocycles. The first-order valence-corrected chi connectivity index (χ1v) is 6.09. The zero-order valence-corrected chi connectivity index (χ0v) is 9.66. The van der Waals surface area contributed by atoms with Gasteiger partial charge in [-0.25, -0.2) is 4.98 Å². The highest BCUT2D eigenvalue weighted by molar-refractivity contribution is 5.77. The molecule has 2 aliphatic rings. The molecule has 0 aromatic carbocycles. The van der Waals surface area contributed by atoms with Crippen molar-refractivity contribution in [3.63, 3.8) is 0 Å². The number of cyclic esters (lactones) is 1. The van der Waals surface area contributed by atoms with Gasteiger partial charge in [-0.1, -0.05) is 0 Å². The summed E-state index contributed by atoms with van der Waals surface area (Å²) in [7, 11) is 0. The summed E-state index contributed by atoms with van der Waals surface area (Å²) in [5.74, 6) is -0.0597. The van der Waals surface area contributed by atoms with E-state index in [1.54, 1.807) is 12.7 Å². The molecule has 0 saturated carbocycles. The van der Waals surface area contributed by atoms with Gasteiger partial charge in [0.1, 0.15) is 18.7 Å². The average Bonchev–Trinajstić information content (AvgIpc) is 3.00. The third-order valence-electron chi connectivity index (χ3n) is 3.60. The van der Waals surface area contributed by atoms with Crippen molar-refractivity contribution in [2.75, 3.05) is 13.2 Å². The molecule has 2 atom stereocenters. The Kier molecular flexibility index (Phi) is 2.80. The van der Waals surface area contributed by atoms with Crippen molar-refractivity contribution in [2.24, 2.45) is 0 Å². The maximum atomic E-state index is 11.6. The maximum Gasteiger partial charge on any atom is 0.323 e. The average molecular weight is 236 g/mol. The Balaban J connectivity index is 1.69. The fraction of sp³-hybridized carbons (Fsp3) is 0.727. The molecule has 6 nitrogen and oxygen atoms in total. The van der Waals surface area contributed by atoms with Crippen LogP contribution in [-0.2, 0) is 16.1 Å². The van der Waals surface area contributed by atoms with Gasteiger partial charge < -0.3 is 4.74 Å². The molecule has 1 aromatic rings. The second-order valence-corrected chi connectivity index (χ2v) is 4.62. The molecule has 3 rings (SSSR count). The van der Waals surface area contributed by atoms with Gasteiger partial charge in [-0.05, 0) is 19.4 Å². The van der Waals surface area contributed by atoms with Crippen molar-refractivity contribution in [1.82, 2.24) is 19.7 Å². The first-order chi connectivity index (χ1) is 8.34. The summed E-state index contributed by atoms with van der Waals surface area (Å²) >= 11 is 0. The van der Waals surface area contributed by atoms with Crippen molar-refractivity contribution < 1.29 is 9.53 Å². The summed E-state index contributed by atoms with van der Waals surface area (Å²) in [5.41, 5.74) is 0. The molecule has 0 aliphatic carbocycles. The van der Waals surface area contributed by atoms with Crippen LogP contribution in [-0.4, -0.2) is 50.9 Å². The van der Waals surface area contributed by atoms with Crippen molar-refractivity contribution in [2.45, 2.75) is 37.9 Å². The van der Waals surface area contributed by atoms with Crippen molar-refractivity contribution >= 4 is 5.97 Å². The number of esters is 1. The second-order valence-electron chi connectivity index (χ2n) is 4.62. The van der Waals surface area contributed by atoms with Crippen LogP contribution in [0, 0.1) is 0 Å². The smallest absolute Gasteiger partial charge is 0.323 e. The van der Waals surface area contributed by atoms with Gasteiger partial charge >= 0.3 is 5.97 Å². The molecule has 92 valence electrons. The van der Waals surface area contributed by atoms with Crippen molar-refractivity contribution in [3.8, 4) is 0 Å². The standard InChI is InChI=1S/C11H16N4O2/c16-11-10(3-5-17-11)15-4-1-2-9(15)6-14-8-12-7-13-14/h7-10H,1-6H2. The highest BCUT2D eigenvalue weighted by Crippen LogP contribution is 2.25. The number of carbonyl (C=O) groups is 1. The Morgan fingerprint density at radius 2 is 2.41 bits per heavy atom. The van der Waals surface area contributed by atoms with Crippen LogP contribution in [0.5, 0.6) is 0 Å². The fourth-order valence-electron chi connectivity index (χ4n) is 2.79. The topological polar surface area (TPSA) is 60.2 Å². The van der Waals surface area contributed by atoms with Gasteiger partial charge in [0.2, 0.25) is 0 Å². The number of rotatable bonds is 3. The van der Waals surface area contributed by atoms with Crippen LogP contribution in [0.25, 0.3) is 0 Å². The first-order valence-electron chi connectivity index (χ1n) is 6.09. The molecular formula is C11H16N4O2. The molecule has 0 radical (unpaired) electrons. The third kappa shape index (κ3) is 2.04. The minimum atomic E-state index is -0.0597. The monoisotopic (exact) mass is 236 g/mol. The number of aromatic nitrogens is 3. The SMILES string of the molecule is O=C1OCCC1N1CCCC1Cn1cncn1. The number of nitrogens with zero attached hydrogens (tertiary/aromatic N) is 4. The summed E-state index contributed by atoms with van der Waals surface area (Å²) in [6, 6.07) is 0.346. The predicted octanol–water partition coefficient (Wildman–Crippen LogP) is 0.0580. The number of ether oxygens (including phenoxy) is 1. The number of likely N-dealkylation sites (tertiary alicyclic amines) is 1. The molecule has 2 saturated heterocycles. The minimum Gasteiger partial charge on any atom is -0.464 e. The van der Waals surface area contributed by atoms with E-state index in [4.69, 9.17) is 4.74 Å². The predicted molar refractivity (Wildman–Crippen MR) is 59.1 cm³/mol. The van der Waals surface area contributed by atoms with Gasteiger partial charge in [0, 0.05) is 12.5 Å². The first kappa shape index (κ1) is 10.7. The van der Waals surface area contributed by atoms with E-state index in [0.29, 0.717) is 12.6 Å². The summed E-state index contributed by atoms with van der Waals surface area (Å²) in [6.45, 7) is 2.36. The Hall–Kier alpha value is -1.43. The summed E-state index contributed by atoms with van der Waals surface area (Å²) < 4.78 is 6.88. The molecule has 6 heteroatoms. The maximum absolute atomic E-state index is 11.6. The van der Waals surface area contributed by atoms with Gasteiger partial charge in [-0.3, -0.25) is 14.4 Å². The number of hydrogen-bond donors (Lipinski definition) is 0. The second kappa shape index (κ2) is 4.44. The molecule has 3 heterocycles. The highest BCUT2D eigenvalue weighted by atomic mass is 16.5. The molecule has 2 fully saturated rings. The largest absolute Gasteiger partial charge is 0.464 e. The fourth-order valence-corrected chi connectivity index (χ4v) is 2.79. The van der Waals surface area contributed by atoms with E-state index >= 15 is 0 Å². The lowest BCUT2D eigenvalue weighted by atomic mass is 10.1. The molecule has 0 N–H and O–H groups in total. The number of hydrogen-bond acceptors (Lipinski definition) is 5. The van der Waals surface area contributed by atoms with Crippen LogP contribution in [0.3, 0.4) is 0 Å². The Morgan fingerprint density at radius 1 is 1.47 bits per heavy atom. The van der Waals surface area contributed by atoms with E-state index in [-0.39, 0.29) is 12.0 Å². The summed E-state index contributed by atoms with van der Waals surface area (Å²) in [5, 5.41) is 4.12. The molecule has 0 bridgehead atoms. The van der Waals surface area contributed by atoms with Gasteiger partial charge in [-0.15, -0.1) is 0 Å². The van der Waals surface area contributed by atoms with E-state index in [0.717, 1.165) is 32.4 Å². The lowest BCUT2D eigenvalue weighted by Gasteiger charge is -2.27. The van der Waals surface area contributed by atoms with Crippen LogP contribution in [0.2, 0.25) is 0 Å². The highest BCUT2D eigenvalue weighted by Gasteiger charge is 2.38. The lowest BCUT2D eigenvalue weighted by molar-refractivity contribution is -0.142. The Bertz CT molecular complexity index is 392. The lowest BCUT2D eigenvalue weighted by Crippen LogP contribution is -2.43. The van der Waals surface area contributed by atoms with E-state index in [9.17, 15) is 4.79 Å². The minimum absolute atomic E-state index is 0.0361. The van der Waals surface area contributed by atoms with Gasteiger partial charge in [0.25, 0.3) is 0 Å². The van der Waals surface area contributed by atoms with E-state index in [1.807, 2.05) is 4.68 Å². The van der Waals surface area contributed by atoms with Crippen molar-refractivity contribution in [3.05, 3.63) is 12.7 Å². The van der Waals surface area contributed by atoms with Crippen LogP contribution < -0.4 is 0 Å². The molecule has 17 heavy (non-hydrogen) atoms. The molecule has 0 spiro atoms. The van der Waals surface area contributed by atoms with Gasteiger partial charge in [-0.2, -0.15) is 5.10 Å². The summed E-state index contributed by atoms with van der Waals surface area (Å²) in [4.78, 5) is 17.8. The van der Waals surface area contributed by atoms with E-state index < -0.39 is 0 Å². The Morgan fingerprint density at radius 3 is 3.12 bits per heavy atom. The van der Waals surface area contributed by atoms with E-state index in [1.165, 1.54) is 0 Å². The van der Waals surface area contributed by atoms with Gasteiger partial charge in [0.15, 0.2) is 0 Å². The Labute approximate surface area is 99.6 Å².